The van der Waals surface area contributed by atoms with Crippen molar-refractivity contribution in [2.24, 2.45) is 0 Å². The van der Waals surface area contributed by atoms with E-state index in [1.807, 2.05) is 0 Å². The molecule has 240 valence electrons. The van der Waals surface area contributed by atoms with Gasteiger partial charge in [-0.25, -0.2) is 9.13 Å². The Morgan fingerprint density at radius 1 is 0.383 bits per heavy atom. The van der Waals surface area contributed by atoms with Crippen LogP contribution in [0.1, 0.15) is 0 Å². The summed E-state index contributed by atoms with van der Waals surface area (Å²) in [5.74, 6) is -0.682. The number of rotatable bonds is 12. The van der Waals surface area contributed by atoms with Gasteiger partial charge in [0.15, 0.2) is 0 Å². The molecule has 0 aromatic heterocycles. The third kappa shape index (κ3) is 12.6. The summed E-state index contributed by atoms with van der Waals surface area (Å²) in [6, 6.07) is 17.4. The molecule has 0 saturated heterocycles. The normalized spacial score (nSPS) is 10.6. The Bertz CT molecular complexity index is 1560. The zero-order valence-corrected chi connectivity index (χ0v) is 27.2. The first-order valence-electron chi connectivity index (χ1n) is 11.9. The van der Waals surface area contributed by atoms with Crippen LogP contribution in [0, 0.1) is 40.5 Å². The molecule has 0 N–H and O–H groups in total. The van der Waals surface area contributed by atoms with Gasteiger partial charge in [0.05, 0.1) is 19.7 Å². The van der Waals surface area contributed by atoms with Crippen LogP contribution in [0.5, 0.6) is 23.0 Å². The fraction of sp³-hybridized carbons (Fsp3) is 0. The number of nitrogens with zero attached hydrogens (tertiary/aromatic N) is 4. The van der Waals surface area contributed by atoms with Gasteiger partial charge in [0, 0.05) is 48.5 Å². The first-order valence-corrected chi connectivity index (χ1v) is 14.8. The Labute approximate surface area is 291 Å². The van der Waals surface area contributed by atoms with Crippen molar-refractivity contribution in [3.63, 3.8) is 0 Å². The van der Waals surface area contributed by atoms with Gasteiger partial charge >= 0.3 is 53.4 Å². The minimum Gasteiger partial charge on any atom is -0.736 e. The molecule has 23 heteroatoms. The minimum atomic E-state index is -4.80. The maximum Gasteiger partial charge on any atom is 2.00 e. The fourth-order valence-corrected chi connectivity index (χ4v) is 4.66. The van der Waals surface area contributed by atoms with Crippen LogP contribution >= 0.6 is 15.6 Å². The molecule has 0 heterocycles. The third-order valence-corrected chi connectivity index (χ3v) is 6.80. The molecule has 4 aromatic carbocycles. The molecule has 0 atom stereocenters. The maximum atomic E-state index is 11.7. The summed E-state index contributed by atoms with van der Waals surface area (Å²) >= 11 is 0. The van der Waals surface area contributed by atoms with E-state index >= 15 is 0 Å². The topological polar surface area (TPSA) is 290 Å². The Hall–Kier alpha value is -4.68. The molecule has 0 saturated carbocycles. The minimum absolute atomic E-state index is 0. The van der Waals surface area contributed by atoms with Crippen LogP contribution in [0.15, 0.2) is 97.1 Å². The predicted molar refractivity (Wildman–Crippen MR) is 156 cm³/mol. The third-order valence-electron chi connectivity index (χ3n) is 5.06. The Balaban J connectivity index is 0.000000320. The number of hydrogen-bond acceptors (Lipinski definition) is 16. The molecule has 0 spiro atoms. The van der Waals surface area contributed by atoms with E-state index in [1.54, 1.807) is 0 Å². The SMILES string of the molecule is O=[N+]([O-])c1ccc(OP(=O)([O-])Oc2ccc([N+](=O)[O-])cc2)cc1.O=[N+]([O-])c1ccc(OP(=O)([O-])Oc2ccc([N+](=O)[O-])cc2)cc1.[Ca+2]. The van der Waals surface area contributed by atoms with Crippen molar-refractivity contribution in [1.29, 1.82) is 0 Å². The van der Waals surface area contributed by atoms with Crippen LogP contribution in [-0.4, -0.2) is 57.4 Å². The molecule has 0 bridgehead atoms. The first-order chi connectivity index (χ1) is 21.5. The summed E-state index contributed by atoms with van der Waals surface area (Å²) in [6.45, 7) is 0. The van der Waals surface area contributed by atoms with Crippen molar-refractivity contribution >= 4 is 76.1 Å². The standard InChI is InChI=1S/2C12H9N2O8P.Ca/c2*15-13(16)9-1-5-11(6-2-9)21-23(19,20)22-12-7-3-10(4-8-12)14(17)18;/h2*1-8H,(H,19,20);/q;;+2/p-2. The second kappa shape index (κ2) is 16.8. The maximum absolute atomic E-state index is 11.7. The zero-order chi connectivity index (χ0) is 34.1. The average molecular weight is 718 g/mol. The second-order valence-corrected chi connectivity index (χ2v) is 10.8. The number of phosphoric acid groups is 2. The van der Waals surface area contributed by atoms with Gasteiger partial charge in [0.25, 0.3) is 22.7 Å². The van der Waals surface area contributed by atoms with Crippen LogP contribution in [0.4, 0.5) is 22.7 Å². The number of nitro benzene ring substituents is 4. The molecule has 0 radical (unpaired) electrons. The Kier molecular flexibility index (Phi) is 13.7. The summed E-state index contributed by atoms with van der Waals surface area (Å²) < 4.78 is 42.0. The van der Waals surface area contributed by atoms with Crippen molar-refractivity contribution in [3.8, 4) is 23.0 Å². The van der Waals surface area contributed by atoms with Gasteiger partial charge in [0.2, 0.25) is 0 Å². The summed E-state index contributed by atoms with van der Waals surface area (Å²) in [5.41, 5.74) is -0.910. The molecule has 0 aliphatic carbocycles. The quantitative estimate of drug-likeness (QED) is 0.0844. The Morgan fingerprint density at radius 3 is 0.660 bits per heavy atom. The van der Waals surface area contributed by atoms with E-state index in [9.17, 15) is 59.4 Å². The van der Waals surface area contributed by atoms with Crippen LogP contribution in [0.3, 0.4) is 0 Å². The van der Waals surface area contributed by atoms with Crippen molar-refractivity contribution in [2.45, 2.75) is 0 Å². The van der Waals surface area contributed by atoms with E-state index in [2.05, 4.69) is 18.1 Å². The van der Waals surface area contributed by atoms with Crippen molar-refractivity contribution in [1.82, 2.24) is 0 Å². The summed E-state index contributed by atoms with van der Waals surface area (Å²) in [6.07, 6.45) is 0. The van der Waals surface area contributed by atoms with Gasteiger partial charge < -0.3 is 27.9 Å². The largest absolute Gasteiger partial charge is 2.00 e. The predicted octanol–water partition coefficient (Wildman–Crippen LogP) is 4.48. The van der Waals surface area contributed by atoms with Crippen LogP contribution in [0.25, 0.3) is 0 Å². The smallest absolute Gasteiger partial charge is 0.736 e. The summed E-state index contributed by atoms with van der Waals surface area (Å²) in [4.78, 5) is 62.8. The van der Waals surface area contributed by atoms with E-state index in [-0.39, 0.29) is 83.5 Å². The molecule has 0 aliphatic rings. The molecular formula is C24H16CaN4O16P2. The number of nitro groups is 4. The number of benzene rings is 4. The zero-order valence-electron chi connectivity index (χ0n) is 23.2. The molecule has 0 aliphatic heterocycles. The van der Waals surface area contributed by atoms with Crippen LogP contribution in [-0.2, 0) is 9.13 Å². The van der Waals surface area contributed by atoms with Crippen molar-refractivity contribution < 1.29 is 56.7 Å². The summed E-state index contributed by atoms with van der Waals surface area (Å²) in [7, 11) is -9.61. The van der Waals surface area contributed by atoms with Crippen molar-refractivity contribution in [2.75, 3.05) is 0 Å². The fourth-order valence-electron chi connectivity index (χ4n) is 3.07. The number of phosphoric ester groups is 2. The van der Waals surface area contributed by atoms with E-state index in [1.165, 1.54) is 0 Å². The van der Waals surface area contributed by atoms with E-state index in [4.69, 9.17) is 0 Å². The van der Waals surface area contributed by atoms with Crippen LogP contribution < -0.4 is 27.9 Å². The van der Waals surface area contributed by atoms with Crippen molar-refractivity contribution in [3.05, 3.63) is 138 Å². The molecule has 20 nitrogen and oxygen atoms in total. The van der Waals surface area contributed by atoms with Gasteiger partial charge in [-0.1, -0.05) is 0 Å². The number of hydrogen-bond donors (Lipinski definition) is 0. The molecule has 0 fully saturated rings. The number of non-ortho nitro benzene ring substituents is 4. The van der Waals surface area contributed by atoms with Gasteiger partial charge in [-0.2, -0.15) is 0 Å². The van der Waals surface area contributed by atoms with E-state index in [0.717, 1.165) is 97.1 Å². The average Bonchev–Trinajstić information content (AvgIpc) is 2.97. The molecule has 47 heavy (non-hydrogen) atoms. The van der Waals surface area contributed by atoms with E-state index < -0.39 is 35.3 Å². The van der Waals surface area contributed by atoms with Gasteiger partial charge in [-0.15, -0.1) is 0 Å². The van der Waals surface area contributed by atoms with Crippen LogP contribution in [0.2, 0.25) is 0 Å². The second-order valence-electron chi connectivity index (χ2n) is 8.26. The Morgan fingerprint density at radius 2 is 0.532 bits per heavy atom. The van der Waals surface area contributed by atoms with Gasteiger partial charge in [-0.05, 0) is 48.5 Å². The van der Waals surface area contributed by atoms with Gasteiger partial charge in [-0.3, -0.25) is 40.5 Å². The molecule has 0 unspecified atom stereocenters. The molecule has 4 aromatic rings. The molecular weight excluding hydrogens is 702 g/mol. The monoisotopic (exact) mass is 718 g/mol. The van der Waals surface area contributed by atoms with Gasteiger partial charge in [0.1, 0.15) is 23.0 Å². The molecule has 4 rings (SSSR count). The molecule has 0 amide bonds. The van der Waals surface area contributed by atoms with E-state index in [0.29, 0.717) is 0 Å². The summed E-state index contributed by atoms with van der Waals surface area (Å²) in [5, 5.41) is 42.0. The first kappa shape index (κ1) is 38.5.